The number of nitrogens with zero attached hydrogens (tertiary/aromatic N) is 3. The third-order valence-corrected chi connectivity index (χ3v) is 6.14. The monoisotopic (exact) mass is 428 g/mol. The number of carbonyl (C=O) groups is 1. The quantitative estimate of drug-likeness (QED) is 0.746. The molecule has 1 atom stereocenters. The van der Waals surface area contributed by atoms with Gasteiger partial charge in [0, 0.05) is 31.4 Å². The fraction of sp³-hybridized carbons (Fsp3) is 0.750. The lowest BCUT2D eigenvalue weighted by Crippen LogP contribution is -2.41. The summed E-state index contributed by atoms with van der Waals surface area (Å²) in [5.74, 6) is -0.146. The van der Waals surface area contributed by atoms with E-state index in [1.807, 2.05) is 6.20 Å². The first kappa shape index (κ1) is 21.3. The molecule has 3 fully saturated rings. The Balaban J connectivity index is 0.000000272. The Morgan fingerprint density at radius 2 is 2.00 bits per heavy atom. The number of aliphatic carboxylic acids is 1. The molecule has 0 amide bonds. The van der Waals surface area contributed by atoms with Crippen LogP contribution in [0.3, 0.4) is 0 Å². The van der Waals surface area contributed by atoms with Gasteiger partial charge in [0.1, 0.15) is 0 Å². The maximum atomic E-state index is 10.6. The van der Waals surface area contributed by atoms with Crippen molar-refractivity contribution in [2.45, 2.75) is 50.3 Å². The minimum Gasteiger partial charge on any atom is -0.475 e. The molecule has 1 spiro atoms. The number of carboxylic acid groups (broad SMARTS) is 1. The van der Waals surface area contributed by atoms with Crippen molar-refractivity contribution in [3.63, 3.8) is 0 Å². The fourth-order valence-corrected chi connectivity index (χ4v) is 4.13. The summed E-state index contributed by atoms with van der Waals surface area (Å²) in [5.41, 5.74) is 2.55. The van der Waals surface area contributed by atoms with Gasteiger partial charge in [0.05, 0.1) is 24.3 Å². The van der Waals surface area contributed by atoms with E-state index >= 15 is 0 Å². The van der Waals surface area contributed by atoms with E-state index in [-0.39, 0.29) is 5.41 Å². The molecule has 1 aromatic heterocycles. The molecule has 0 bridgehead atoms. The number of anilines is 1. The number of carboxylic acids is 1. The summed E-state index contributed by atoms with van der Waals surface area (Å²) in [6.45, 7) is 6.08. The standard InChI is InChI=1S/C18H26N4O.C2HF3O2/c1-2-13(1)7-19-17-20-8-15-10-23-12-18(16(15)21-17)5-6-22(11-18)9-14-3-4-14;3-2(4,5)1(6)7/h8,13-14H,1-7,9-12H2,(H,19,20,21);(H,6,7). The van der Waals surface area contributed by atoms with Gasteiger partial charge in [0.25, 0.3) is 0 Å². The molecule has 5 rings (SSSR count). The lowest BCUT2D eigenvalue weighted by atomic mass is 9.80. The third-order valence-electron chi connectivity index (χ3n) is 6.14. The summed E-state index contributed by atoms with van der Waals surface area (Å²) in [5, 5.41) is 10.6. The molecule has 166 valence electrons. The molecule has 2 aliphatic carbocycles. The molecule has 2 aliphatic heterocycles. The largest absolute Gasteiger partial charge is 0.490 e. The number of rotatable bonds is 5. The van der Waals surface area contributed by atoms with Crippen molar-refractivity contribution in [3.8, 4) is 0 Å². The normalized spacial score (nSPS) is 26.1. The van der Waals surface area contributed by atoms with Crippen LogP contribution in [0.25, 0.3) is 0 Å². The van der Waals surface area contributed by atoms with Gasteiger partial charge in [0.15, 0.2) is 0 Å². The number of nitrogens with one attached hydrogen (secondary N) is 1. The second-order valence-corrected chi connectivity index (χ2v) is 8.90. The highest BCUT2D eigenvalue weighted by molar-refractivity contribution is 5.73. The van der Waals surface area contributed by atoms with Crippen LogP contribution in [0.5, 0.6) is 0 Å². The predicted molar refractivity (Wildman–Crippen MR) is 102 cm³/mol. The molecule has 1 aromatic rings. The van der Waals surface area contributed by atoms with Crippen molar-refractivity contribution in [2.24, 2.45) is 11.8 Å². The summed E-state index contributed by atoms with van der Waals surface area (Å²) in [6.07, 6.45) is 3.63. The number of hydrogen-bond acceptors (Lipinski definition) is 6. The molecule has 10 heteroatoms. The van der Waals surface area contributed by atoms with E-state index in [2.05, 4.69) is 15.2 Å². The lowest BCUT2D eigenvalue weighted by Gasteiger charge is -2.34. The summed E-state index contributed by atoms with van der Waals surface area (Å²) >= 11 is 0. The van der Waals surface area contributed by atoms with Crippen molar-refractivity contribution >= 4 is 11.9 Å². The molecule has 1 unspecified atom stereocenters. The van der Waals surface area contributed by atoms with Gasteiger partial charge < -0.3 is 20.1 Å². The summed E-state index contributed by atoms with van der Waals surface area (Å²) in [4.78, 5) is 21.0. The summed E-state index contributed by atoms with van der Waals surface area (Å²) < 4.78 is 37.7. The average molecular weight is 428 g/mol. The summed E-state index contributed by atoms with van der Waals surface area (Å²) in [7, 11) is 0. The molecular weight excluding hydrogens is 401 g/mol. The SMILES string of the molecule is O=C(O)C(F)(F)F.c1nc(NCC2CC2)nc2c1COCC21CCN(CC2CC2)C1. The predicted octanol–water partition coefficient (Wildman–Crippen LogP) is 2.82. The van der Waals surface area contributed by atoms with Crippen molar-refractivity contribution in [2.75, 3.05) is 38.1 Å². The van der Waals surface area contributed by atoms with Gasteiger partial charge in [-0.1, -0.05) is 0 Å². The Morgan fingerprint density at radius 3 is 2.63 bits per heavy atom. The van der Waals surface area contributed by atoms with Gasteiger partial charge in [-0.25, -0.2) is 14.8 Å². The Morgan fingerprint density at radius 1 is 1.30 bits per heavy atom. The maximum absolute atomic E-state index is 10.6. The highest BCUT2D eigenvalue weighted by atomic mass is 19.4. The highest BCUT2D eigenvalue weighted by Crippen LogP contribution is 2.41. The smallest absolute Gasteiger partial charge is 0.475 e. The van der Waals surface area contributed by atoms with Crippen LogP contribution in [0.2, 0.25) is 0 Å². The minimum absolute atomic E-state index is 0.0986. The molecule has 2 N–H and O–H groups in total. The van der Waals surface area contributed by atoms with E-state index in [0.717, 1.165) is 37.5 Å². The Bertz CT molecular complexity index is 783. The number of hydrogen-bond donors (Lipinski definition) is 2. The summed E-state index contributed by atoms with van der Waals surface area (Å²) in [6, 6.07) is 0. The molecule has 2 saturated carbocycles. The van der Waals surface area contributed by atoms with Gasteiger partial charge in [0.2, 0.25) is 5.95 Å². The number of ether oxygens (including phenoxy) is 1. The van der Waals surface area contributed by atoms with E-state index in [9.17, 15) is 13.2 Å². The van der Waals surface area contributed by atoms with Crippen molar-refractivity contribution in [1.29, 1.82) is 0 Å². The average Bonchev–Trinajstić information content (AvgIpc) is 3.61. The van der Waals surface area contributed by atoms with Crippen LogP contribution in [0.1, 0.15) is 43.4 Å². The fourth-order valence-electron chi connectivity index (χ4n) is 4.13. The molecule has 4 aliphatic rings. The van der Waals surface area contributed by atoms with Crippen molar-refractivity contribution in [3.05, 3.63) is 17.5 Å². The number of likely N-dealkylation sites (tertiary alicyclic amines) is 1. The lowest BCUT2D eigenvalue weighted by molar-refractivity contribution is -0.192. The molecule has 3 heterocycles. The molecule has 0 radical (unpaired) electrons. The van der Waals surface area contributed by atoms with Crippen LogP contribution in [0.15, 0.2) is 6.20 Å². The van der Waals surface area contributed by atoms with Gasteiger partial charge in [-0.05, 0) is 50.5 Å². The van der Waals surface area contributed by atoms with Crippen LogP contribution >= 0.6 is 0 Å². The molecule has 0 aromatic carbocycles. The van der Waals surface area contributed by atoms with Crippen LogP contribution in [-0.2, 0) is 21.6 Å². The Labute approximate surface area is 173 Å². The molecular formula is C20H27F3N4O3. The van der Waals surface area contributed by atoms with Gasteiger partial charge in [-0.3, -0.25) is 0 Å². The highest BCUT2D eigenvalue weighted by Gasteiger charge is 2.45. The zero-order chi connectivity index (χ0) is 21.4. The van der Waals surface area contributed by atoms with Crippen LogP contribution in [-0.4, -0.2) is 64.9 Å². The van der Waals surface area contributed by atoms with E-state index in [0.29, 0.717) is 6.61 Å². The Hall–Kier alpha value is -1.94. The number of fused-ring (bicyclic) bond motifs is 2. The van der Waals surface area contributed by atoms with E-state index in [1.54, 1.807) is 0 Å². The molecule has 30 heavy (non-hydrogen) atoms. The minimum atomic E-state index is -5.08. The Kier molecular flexibility index (Phi) is 5.89. The van der Waals surface area contributed by atoms with E-state index < -0.39 is 12.1 Å². The first-order valence-corrected chi connectivity index (χ1v) is 10.5. The van der Waals surface area contributed by atoms with Crippen molar-refractivity contribution in [1.82, 2.24) is 14.9 Å². The van der Waals surface area contributed by atoms with Crippen molar-refractivity contribution < 1.29 is 27.8 Å². The molecule has 1 saturated heterocycles. The number of alkyl halides is 3. The zero-order valence-electron chi connectivity index (χ0n) is 16.7. The van der Waals surface area contributed by atoms with Gasteiger partial charge >= 0.3 is 12.1 Å². The second-order valence-electron chi connectivity index (χ2n) is 8.90. The van der Waals surface area contributed by atoms with Crippen LogP contribution in [0, 0.1) is 11.8 Å². The van der Waals surface area contributed by atoms with Gasteiger partial charge in [-0.2, -0.15) is 13.2 Å². The van der Waals surface area contributed by atoms with Gasteiger partial charge in [-0.15, -0.1) is 0 Å². The first-order valence-electron chi connectivity index (χ1n) is 10.5. The number of aromatic nitrogens is 2. The van der Waals surface area contributed by atoms with Crippen LogP contribution in [0.4, 0.5) is 19.1 Å². The third kappa shape index (κ3) is 5.21. The van der Waals surface area contributed by atoms with Crippen LogP contribution < -0.4 is 5.32 Å². The molecule has 7 nitrogen and oxygen atoms in total. The van der Waals surface area contributed by atoms with E-state index in [1.165, 1.54) is 56.5 Å². The first-order chi connectivity index (χ1) is 14.2. The zero-order valence-corrected chi connectivity index (χ0v) is 16.7. The second kappa shape index (κ2) is 8.30. The maximum Gasteiger partial charge on any atom is 0.490 e. The topological polar surface area (TPSA) is 87.6 Å². The van der Waals surface area contributed by atoms with E-state index in [4.69, 9.17) is 19.6 Å². The number of halogens is 3.